The summed E-state index contributed by atoms with van der Waals surface area (Å²) in [5.74, 6) is 1.25. The average molecular weight is 414 g/mol. The maximum absolute atomic E-state index is 10.9. The number of pyridine rings is 2. The molecule has 1 saturated heterocycles. The van der Waals surface area contributed by atoms with E-state index in [0.717, 1.165) is 67.0 Å². The van der Waals surface area contributed by atoms with Gasteiger partial charge in [0.25, 0.3) is 0 Å². The van der Waals surface area contributed by atoms with Gasteiger partial charge in [0.15, 0.2) is 0 Å². The van der Waals surface area contributed by atoms with Gasteiger partial charge < -0.3 is 9.64 Å². The van der Waals surface area contributed by atoms with Gasteiger partial charge in [-0.3, -0.25) is 19.8 Å². The first-order chi connectivity index (χ1) is 15.3. The standard InChI is InChI=1S/C23H22N6O2/c30-16-29-11-9-28(10-12-29)15-19-3-1-17-13-20(4-5-21(17)26-19)31-23-6-2-18(14-24-23)22-7-8-25-27-22/h1-8,13-14,16H,9-12,15H2,(H,25,27). The summed E-state index contributed by atoms with van der Waals surface area (Å²) in [6.45, 7) is 4.08. The van der Waals surface area contributed by atoms with Crippen molar-refractivity contribution in [2.75, 3.05) is 26.2 Å². The number of ether oxygens (including phenoxy) is 1. The molecule has 4 aromatic rings. The van der Waals surface area contributed by atoms with Gasteiger partial charge in [0.1, 0.15) is 5.75 Å². The molecule has 156 valence electrons. The molecular formula is C23H22N6O2. The normalized spacial score (nSPS) is 14.6. The molecule has 0 unspecified atom stereocenters. The van der Waals surface area contributed by atoms with E-state index >= 15 is 0 Å². The number of nitrogens with one attached hydrogen (secondary N) is 1. The summed E-state index contributed by atoms with van der Waals surface area (Å²) in [6, 6.07) is 15.7. The van der Waals surface area contributed by atoms with Crippen molar-refractivity contribution in [1.29, 1.82) is 0 Å². The number of H-pyrrole nitrogens is 1. The summed E-state index contributed by atoms with van der Waals surface area (Å²) < 4.78 is 5.93. The smallest absolute Gasteiger partial charge is 0.219 e. The highest BCUT2D eigenvalue weighted by molar-refractivity contribution is 5.80. The van der Waals surface area contributed by atoms with Crippen LogP contribution < -0.4 is 4.74 Å². The number of piperazine rings is 1. The van der Waals surface area contributed by atoms with Gasteiger partial charge in [-0.2, -0.15) is 5.10 Å². The van der Waals surface area contributed by atoms with Crippen molar-refractivity contribution in [1.82, 2.24) is 30.0 Å². The van der Waals surface area contributed by atoms with Crippen LogP contribution in [0.25, 0.3) is 22.2 Å². The molecule has 1 aliphatic heterocycles. The number of fused-ring (bicyclic) bond motifs is 1. The van der Waals surface area contributed by atoms with Crippen LogP contribution in [0.1, 0.15) is 5.69 Å². The fraction of sp³-hybridized carbons (Fsp3) is 0.217. The number of hydrogen-bond donors (Lipinski definition) is 1. The fourth-order valence-electron chi connectivity index (χ4n) is 3.69. The zero-order valence-electron chi connectivity index (χ0n) is 16.9. The minimum atomic E-state index is 0.529. The van der Waals surface area contributed by atoms with Gasteiger partial charge in [0, 0.05) is 62.1 Å². The molecule has 1 fully saturated rings. The van der Waals surface area contributed by atoms with Gasteiger partial charge in [0.05, 0.1) is 16.9 Å². The first kappa shape index (κ1) is 19.2. The molecule has 5 rings (SSSR count). The number of amides is 1. The van der Waals surface area contributed by atoms with Crippen LogP contribution in [0.4, 0.5) is 0 Å². The largest absolute Gasteiger partial charge is 0.439 e. The summed E-state index contributed by atoms with van der Waals surface area (Å²) in [4.78, 5) is 24.2. The number of aromatic amines is 1. The average Bonchev–Trinajstić information content (AvgIpc) is 3.35. The lowest BCUT2D eigenvalue weighted by molar-refractivity contribution is -0.119. The lowest BCUT2D eigenvalue weighted by Gasteiger charge is -2.32. The number of aromatic nitrogens is 4. The zero-order chi connectivity index (χ0) is 21.0. The summed E-state index contributed by atoms with van der Waals surface area (Å²) in [6.07, 6.45) is 4.39. The van der Waals surface area contributed by atoms with Gasteiger partial charge in [0.2, 0.25) is 12.3 Å². The predicted molar refractivity (Wildman–Crippen MR) is 117 cm³/mol. The van der Waals surface area contributed by atoms with Crippen LogP contribution in [0.5, 0.6) is 11.6 Å². The SMILES string of the molecule is O=CN1CCN(Cc2ccc3cc(Oc4ccc(-c5ccn[nH]5)cn4)ccc3n2)CC1. The summed E-state index contributed by atoms with van der Waals surface area (Å²) in [5, 5.41) is 7.89. The Morgan fingerprint density at radius 1 is 1.03 bits per heavy atom. The molecule has 1 aromatic carbocycles. The first-order valence-corrected chi connectivity index (χ1v) is 10.2. The minimum absolute atomic E-state index is 0.529. The zero-order valence-corrected chi connectivity index (χ0v) is 16.9. The molecule has 0 saturated carbocycles. The molecule has 0 bridgehead atoms. The van der Waals surface area contributed by atoms with E-state index < -0.39 is 0 Å². The molecule has 0 atom stereocenters. The number of carbonyl (C=O) groups is 1. The van der Waals surface area contributed by atoms with E-state index in [1.807, 2.05) is 41.3 Å². The third kappa shape index (κ3) is 4.39. The number of carbonyl (C=O) groups excluding carboxylic acids is 1. The van der Waals surface area contributed by atoms with Gasteiger partial charge in [-0.05, 0) is 36.4 Å². The quantitative estimate of drug-likeness (QED) is 0.488. The third-order valence-electron chi connectivity index (χ3n) is 5.43. The van der Waals surface area contributed by atoms with Crippen LogP contribution in [-0.4, -0.2) is 62.6 Å². The highest BCUT2D eigenvalue weighted by Gasteiger charge is 2.16. The van der Waals surface area contributed by atoms with E-state index in [-0.39, 0.29) is 0 Å². The fourth-order valence-corrected chi connectivity index (χ4v) is 3.69. The van der Waals surface area contributed by atoms with Crippen molar-refractivity contribution in [3.8, 4) is 22.9 Å². The second-order valence-electron chi connectivity index (χ2n) is 7.53. The molecule has 8 heteroatoms. The Balaban J connectivity index is 1.26. The Morgan fingerprint density at radius 2 is 1.94 bits per heavy atom. The van der Waals surface area contributed by atoms with Crippen LogP contribution in [0.15, 0.2) is 60.9 Å². The van der Waals surface area contributed by atoms with Crippen molar-refractivity contribution in [2.24, 2.45) is 0 Å². The number of nitrogens with zero attached hydrogens (tertiary/aromatic N) is 5. The maximum Gasteiger partial charge on any atom is 0.219 e. The Kier molecular flexibility index (Phi) is 5.28. The van der Waals surface area contributed by atoms with Gasteiger partial charge in [-0.25, -0.2) is 4.98 Å². The maximum atomic E-state index is 10.9. The number of hydrogen-bond acceptors (Lipinski definition) is 6. The lowest BCUT2D eigenvalue weighted by atomic mass is 10.2. The van der Waals surface area contributed by atoms with E-state index in [1.165, 1.54) is 0 Å². The van der Waals surface area contributed by atoms with Gasteiger partial charge in [-0.1, -0.05) is 6.07 Å². The second kappa shape index (κ2) is 8.53. The molecule has 0 radical (unpaired) electrons. The summed E-state index contributed by atoms with van der Waals surface area (Å²) in [7, 11) is 0. The van der Waals surface area contributed by atoms with Crippen molar-refractivity contribution >= 4 is 17.3 Å². The number of rotatable bonds is 6. The predicted octanol–water partition coefficient (Wildman–Crippen LogP) is 3.09. The topological polar surface area (TPSA) is 87.2 Å². The molecule has 31 heavy (non-hydrogen) atoms. The van der Waals surface area contributed by atoms with Crippen LogP contribution in [-0.2, 0) is 11.3 Å². The molecule has 1 aliphatic rings. The molecule has 0 aliphatic carbocycles. The van der Waals surface area contributed by atoms with E-state index in [4.69, 9.17) is 9.72 Å². The second-order valence-corrected chi connectivity index (χ2v) is 7.53. The molecule has 1 amide bonds. The minimum Gasteiger partial charge on any atom is -0.439 e. The summed E-state index contributed by atoms with van der Waals surface area (Å²) >= 11 is 0. The van der Waals surface area contributed by atoms with Gasteiger partial charge in [-0.15, -0.1) is 0 Å². The molecular weight excluding hydrogens is 392 g/mol. The van der Waals surface area contributed by atoms with Crippen LogP contribution >= 0.6 is 0 Å². The third-order valence-corrected chi connectivity index (χ3v) is 5.43. The molecule has 3 aromatic heterocycles. The van der Waals surface area contributed by atoms with Crippen LogP contribution in [0.2, 0.25) is 0 Å². The van der Waals surface area contributed by atoms with E-state index in [9.17, 15) is 4.79 Å². The van der Waals surface area contributed by atoms with Crippen LogP contribution in [0, 0.1) is 0 Å². The highest BCUT2D eigenvalue weighted by atomic mass is 16.5. The Labute approximate surface area is 179 Å². The Bertz CT molecular complexity index is 1170. The van der Waals surface area contributed by atoms with Crippen molar-refractivity contribution in [2.45, 2.75) is 6.54 Å². The van der Waals surface area contributed by atoms with Crippen LogP contribution in [0.3, 0.4) is 0 Å². The Morgan fingerprint density at radius 3 is 2.68 bits per heavy atom. The van der Waals surface area contributed by atoms with E-state index in [2.05, 4.69) is 32.2 Å². The van der Waals surface area contributed by atoms with E-state index in [1.54, 1.807) is 12.4 Å². The van der Waals surface area contributed by atoms with Crippen molar-refractivity contribution in [3.05, 3.63) is 66.6 Å². The van der Waals surface area contributed by atoms with Crippen molar-refractivity contribution in [3.63, 3.8) is 0 Å². The number of benzene rings is 1. The highest BCUT2D eigenvalue weighted by Crippen LogP contribution is 2.25. The lowest BCUT2D eigenvalue weighted by Crippen LogP contribution is -2.45. The first-order valence-electron chi connectivity index (χ1n) is 10.2. The molecule has 8 nitrogen and oxygen atoms in total. The molecule has 0 spiro atoms. The van der Waals surface area contributed by atoms with Gasteiger partial charge >= 0.3 is 0 Å². The van der Waals surface area contributed by atoms with E-state index in [0.29, 0.717) is 11.6 Å². The summed E-state index contributed by atoms with van der Waals surface area (Å²) in [5.41, 5.74) is 3.82. The Hall–Kier alpha value is -3.78. The van der Waals surface area contributed by atoms with Crippen molar-refractivity contribution < 1.29 is 9.53 Å². The molecule has 1 N–H and O–H groups in total. The molecule has 4 heterocycles. The monoisotopic (exact) mass is 414 g/mol.